The van der Waals surface area contributed by atoms with Gasteiger partial charge >= 0.3 is 18.2 Å². The van der Waals surface area contributed by atoms with Crippen molar-refractivity contribution in [2.75, 3.05) is 0 Å². The Kier molecular flexibility index (Phi) is 3.99. The first-order chi connectivity index (χ1) is 7.13. The standard InChI is InChI=1S/C6H4F10O/c1-3(8,9)2(7)17-6(15,16)4(10,11)5(12,13)14/h2H,1H3. The summed E-state index contributed by atoms with van der Waals surface area (Å²) in [6.45, 7) is -0.334. The van der Waals surface area contributed by atoms with Crippen LogP contribution in [0.4, 0.5) is 43.9 Å². The zero-order valence-corrected chi connectivity index (χ0v) is 7.77. The summed E-state index contributed by atoms with van der Waals surface area (Å²) in [5.74, 6) is -11.5. The van der Waals surface area contributed by atoms with Crippen molar-refractivity contribution in [2.24, 2.45) is 0 Å². The highest BCUT2D eigenvalue weighted by Gasteiger charge is 2.75. The number of halogens is 10. The molecule has 0 saturated carbocycles. The third kappa shape index (κ3) is 3.36. The highest BCUT2D eigenvalue weighted by Crippen LogP contribution is 2.48. The third-order valence-electron chi connectivity index (χ3n) is 1.37. The first-order valence-electron chi connectivity index (χ1n) is 3.65. The van der Waals surface area contributed by atoms with Gasteiger partial charge in [-0.15, -0.1) is 0 Å². The van der Waals surface area contributed by atoms with E-state index in [0.29, 0.717) is 0 Å². The second-order valence-electron chi connectivity index (χ2n) is 2.98. The van der Waals surface area contributed by atoms with Crippen LogP contribution in [0, 0.1) is 0 Å². The van der Waals surface area contributed by atoms with Gasteiger partial charge < -0.3 is 0 Å². The van der Waals surface area contributed by atoms with Gasteiger partial charge in [0.15, 0.2) is 0 Å². The molecule has 0 amide bonds. The molecule has 0 aliphatic carbocycles. The summed E-state index contributed by atoms with van der Waals surface area (Å²) >= 11 is 0. The molecule has 17 heavy (non-hydrogen) atoms. The van der Waals surface area contributed by atoms with Gasteiger partial charge in [0.05, 0.1) is 0 Å². The van der Waals surface area contributed by atoms with E-state index in [0.717, 1.165) is 0 Å². The van der Waals surface area contributed by atoms with E-state index in [1.165, 1.54) is 0 Å². The van der Waals surface area contributed by atoms with Crippen LogP contribution in [0.15, 0.2) is 0 Å². The maximum Gasteiger partial charge on any atom is 0.462 e. The third-order valence-corrected chi connectivity index (χ3v) is 1.37. The van der Waals surface area contributed by atoms with E-state index in [1.807, 2.05) is 0 Å². The topological polar surface area (TPSA) is 9.23 Å². The van der Waals surface area contributed by atoms with Crippen molar-refractivity contribution in [3.63, 3.8) is 0 Å². The van der Waals surface area contributed by atoms with Gasteiger partial charge in [0.25, 0.3) is 12.3 Å². The summed E-state index contributed by atoms with van der Waals surface area (Å²) < 4.78 is 121. The van der Waals surface area contributed by atoms with Gasteiger partial charge in [0, 0.05) is 6.92 Å². The van der Waals surface area contributed by atoms with E-state index >= 15 is 0 Å². The minimum absolute atomic E-state index is 0.334. The minimum Gasteiger partial charge on any atom is -0.274 e. The fourth-order valence-electron chi connectivity index (χ4n) is 0.472. The lowest BCUT2D eigenvalue weighted by Gasteiger charge is -2.29. The van der Waals surface area contributed by atoms with E-state index in [2.05, 4.69) is 4.74 Å². The monoisotopic (exact) mass is 282 g/mol. The van der Waals surface area contributed by atoms with Crippen molar-refractivity contribution in [1.82, 2.24) is 0 Å². The number of hydrogen-bond donors (Lipinski definition) is 0. The average Bonchev–Trinajstić information content (AvgIpc) is 1.98. The maximum absolute atomic E-state index is 12.2. The van der Waals surface area contributed by atoms with Crippen LogP contribution in [0.1, 0.15) is 6.92 Å². The Morgan fingerprint density at radius 1 is 0.824 bits per heavy atom. The number of rotatable bonds is 4. The molecule has 0 aromatic heterocycles. The highest BCUT2D eigenvalue weighted by molar-refractivity contribution is 4.85. The Morgan fingerprint density at radius 2 is 1.18 bits per heavy atom. The molecule has 0 rings (SSSR count). The zero-order valence-electron chi connectivity index (χ0n) is 7.77. The minimum atomic E-state index is -6.80. The van der Waals surface area contributed by atoms with Gasteiger partial charge in [0.1, 0.15) is 0 Å². The highest BCUT2D eigenvalue weighted by atomic mass is 19.4. The van der Waals surface area contributed by atoms with Crippen molar-refractivity contribution >= 4 is 0 Å². The summed E-state index contributed by atoms with van der Waals surface area (Å²) in [6, 6.07) is 0. The Labute approximate surface area is 87.3 Å². The molecule has 0 heterocycles. The summed E-state index contributed by atoms with van der Waals surface area (Å²) in [7, 11) is 0. The fraction of sp³-hybridized carbons (Fsp3) is 1.00. The van der Waals surface area contributed by atoms with Crippen LogP contribution < -0.4 is 0 Å². The molecule has 1 atom stereocenters. The smallest absolute Gasteiger partial charge is 0.274 e. The van der Waals surface area contributed by atoms with Crippen LogP contribution in [0.3, 0.4) is 0 Å². The molecule has 1 nitrogen and oxygen atoms in total. The van der Waals surface area contributed by atoms with E-state index in [4.69, 9.17) is 0 Å². The average molecular weight is 282 g/mol. The summed E-state index contributed by atoms with van der Waals surface area (Å²) in [6.07, 6.45) is -17.5. The van der Waals surface area contributed by atoms with Crippen molar-refractivity contribution < 1.29 is 48.6 Å². The quantitative estimate of drug-likeness (QED) is 0.714. The lowest BCUT2D eigenvalue weighted by molar-refractivity contribution is -0.449. The van der Waals surface area contributed by atoms with E-state index < -0.39 is 30.5 Å². The molecule has 0 radical (unpaired) electrons. The van der Waals surface area contributed by atoms with E-state index in [9.17, 15) is 43.9 Å². The second kappa shape index (κ2) is 4.18. The van der Waals surface area contributed by atoms with Crippen LogP contribution in [0.25, 0.3) is 0 Å². The Morgan fingerprint density at radius 3 is 1.41 bits per heavy atom. The molecule has 0 spiro atoms. The van der Waals surface area contributed by atoms with Crippen LogP contribution in [-0.2, 0) is 4.74 Å². The van der Waals surface area contributed by atoms with Crippen LogP contribution >= 0.6 is 0 Å². The van der Waals surface area contributed by atoms with Crippen molar-refractivity contribution in [3.8, 4) is 0 Å². The first kappa shape index (κ1) is 16.3. The second-order valence-corrected chi connectivity index (χ2v) is 2.98. The summed E-state index contributed by atoms with van der Waals surface area (Å²) in [5.41, 5.74) is 0. The van der Waals surface area contributed by atoms with Gasteiger partial charge in [-0.3, -0.25) is 4.74 Å². The molecule has 0 aromatic carbocycles. The number of ether oxygens (including phenoxy) is 1. The molecular formula is C6H4F10O. The number of hydrogen-bond acceptors (Lipinski definition) is 1. The molecule has 0 aromatic rings. The van der Waals surface area contributed by atoms with E-state index in [-0.39, 0.29) is 6.92 Å². The Hall–Kier alpha value is -0.740. The molecule has 104 valence electrons. The van der Waals surface area contributed by atoms with Gasteiger partial charge in [-0.2, -0.15) is 30.7 Å². The fourth-order valence-corrected chi connectivity index (χ4v) is 0.472. The predicted molar refractivity (Wildman–Crippen MR) is 32.6 cm³/mol. The molecule has 0 bridgehead atoms. The lowest BCUT2D eigenvalue weighted by Crippen LogP contribution is -2.55. The molecule has 0 aliphatic heterocycles. The van der Waals surface area contributed by atoms with E-state index in [1.54, 1.807) is 0 Å². The maximum atomic E-state index is 12.2. The van der Waals surface area contributed by atoms with Crippen LogP contribution in [0.5, 0.6) is 0 Å². The largest absolute Gasteiger partial charge is 0.462 e. The van der Waals surface area contributed by atoms with Crippen LogP contribution in [0.2, 0.25) is 0 Å². The predicted octanol–water partition coefficient (Wildman–Crippen LogP) is 3.74. The Balaban J connectivity index is 5.04. The summed E-state index contributed by atoms with van der Waals surface area (Å²) in [4.78, 5) is 0. The molecular weight excluding hydrogens is 278 g/mol. The van der Waals surface area contributed by atoms with Gasteiger partial charge in [-0.1, -0.05) is 0 Å². The first-order valence-corrected chi connectivity index (χ1v) is 3.65. The van der Waals surface area contributed by atoms with Crippen molar-refractivity contribution in [3.05, 3.63) is 0 Å². The summed E-state index contributed by atoms with van der Waals surface area (Å²) in [5, 5.41) is 0. The normalized spacial score (nSPS) is 17.1. The molecule has 0 N–H and O–H groups in total. The number of alkyl halides is 10. The van der Waals surface area contributed by atoms with Gasteiger partial charge in [0.2, 0.25) is 0 Å². The van der Waals surface area contributed by atoms with Crippen LogP contribution in [-0.4, -0.2) is 30.5 Å². The zero-order chi connectivity index (χ0) is 14.3. The SMILES string of the molecule is CC(F)(F)C(F)OC(F)(F)C(F)(F)C(F)(F)F. The lowest BCUT2D eigenvalue weighted by atomic mass is 10.3. The van der Waals surface area contributed by atoms with Gasteiger partial charge in [-0.05, 0) is 0 Å². The Bertz CT molecular complexity index is 263. The van der Waals surface area contributed by atoms with Gasteiger partial charge in [-0.25, -0.2) is 13.2 Å². The molecule has 0 fully saturated rings. The van der Waals surface area contributed by atoms with Crippen molar-refractivity contribution in [2.45, 2.75) is 37.4 Å². The molecule has 11 heteroatoms. The molecule has 1 unspecified atom stereocenters. The van der Waals surface area contributed by atoms with Crippen molar-refractivity contribution in [1.29, 1.82) is 0 Å². The molecule has 0 saturated heterocycles. The molecule has 0 aliphatic rings.